The zero-order valence-electron chi connectivity index (χ0n) is 14.0. The number of hydrogen-bond acceptors (Lipinski definition) is 2. The molecule has 0 heterocycles. The largest absolute Gasteiger partial charge is 0.341 e. The van der Waals surface area contributed by atoms with E-state index in [1.807, 2.05) is 18.0 Å². The number of nitrogens with zero attached hydrogens (tertiary/aromatic N) is 1. The number of carbonyl (C=O) groups excluding carboxylic acids is 1. The number of rotatable bonds is 3. The lowest BCUT2D eigenvalue weighted by Gasteiger charge is -2.31. The van der Waals surface area contributed by atoms with Crippen molar-refractivity contribution in [2.45, 2.75) is 31.8 Å². The van der Waals surface area contributed by atoms with E-state index in [1.54, 1.807) is 0 Å². The van der Waals surface area contributed by atoms with Gasteiger partial charge in [-0.3, -0.25) is 4.79 Å². The summed E-state index contributed by atoms with van der Waals surface area (Å²) in [5.41, 5.74) is 7.50. The Labute approximate surface area is 149 Å². The van der Waals surface area contributed by atoms with Gasteiger partial charge in [-0.1, -0.05) is 36.4 Å². The summed E-state index contributed by atoms with van der Waals surface area (Å²) >= 11 is 0. The summed E-state index contributed by atoms with van der Waals surface area (Å²) < 4.78 is 0. The SMILES string of the molecule is CN(Cc1ccc2ccccc2c1)C(=O)C1C2CCC(C2)C1N.Cl. The van der Waals surface area contributed by atoms with Crippen LogP contribution in [0.25, 0.3) is 10.8 Å². The summed E-state index contributed by atoms with van der Waals surface area (Å²) in [4.78, 5) is 14.7. The van der Waals surface area contributed by atoms with Crippen LogP contribution in [-0.2, 0) is 11.3 Å². The first-order chi connectivity index (χ1) is 11.1. The topological polar surface area (TPSA) is 46.3 Å². The predicted molar refractivity (Wildman–Crippen MR) is 100.0 cm³/mol. The van der Waals surface area contributed by atoms with E-state index < -0.39 is 0 Å². The minimum atomic E-state index is 0. The summed E-state index contributed by atoms with van der Waals surface area (Å²) in [5, 5.41) is 2.46. The van der Waals surface area contributed by atoms with E-state index in [-0.39, 0.29) is 30.3 Å². The van der Waals surface area contributed by atoms with Crippen molar-refractivity contribution < 1.29 is 4.79 Å². The number of amides is 1. The van der Waals surface area contributed by atoms with Crippen molar-refractivity contribution in [2.75, 3.05) is 7.05 Å². The Morgan fingerprint density at radius 3 is 2.54 bits per heavy atom. The van der Waals surface area contributed by atoms with Gasteiger partial charge in [0.05, 0.1) is 5.92 Å². The third-order valence-corrected chi connectivity index (χ3v) is 5.88. The smallest absolute Gasteiger partial charge is 0.227 e. The molecule has 2 bridgehead atoms. The van der Waals surface area contributed by atoms with E-state index in [4.69, 9.17) is 5.73 Å². The number of carbonyl (C=O) groups is 1. The van der Waals surface area contributed by atoms with Gasteiger partial charge in [-0.2, -0.15) is 0 Å². The van der Waals surface area contributed by atoms with Crippen LogP contribution in [0.1, 0.15) is 24.8 Å². The van der Waals surface area contributed by atoms with E-state index in [0.717, 1.165) is 6.42 Å². The normalized spacial score (nSPS) is 27.9. The van der Waals surface area contributed by atoms with Crippen molar-refractivity contribution >= 4 is 29.1 Å². The molecule has 2 saturated carbocycles. The molecule has 0 aliphatic heterocycles. The lowest BCUT2D eigenvalue weighted by atomic mass is 9.84. The number of hydrogen-bond donors (Lipinski definition) is 1. The highest BCUT2D eigenvalue weighted by molar-refractivity contribution is 5.85. The van der Waals surface area contributed by atoms with Crippen molar-refractivity contribution in [1.29, 1.82) is 0 Å². The molecule has 0 radical (unpaired) electrons. The Kier molecular flexibility index (Phi) is 4.84. The Bertz CT molecular complexity index is 745. The van der Waals surface area contributed by atoms with Crippen LogP contribution in [0.3, 0.4) is 0 Å². The molecule has 2 fully saturated rings. The quantitative estimate of drug-likeness (QED) is 0.924. The van der Waals surface area contributed by atoms with E-state index >= 15 is 0 Å². The standard InChI is InChI=1S/C20H24N2O.ClH/c1-22(20(23)18-16-8-9-17(11-16)19(18)21)12-13-6-7-14-4-2-3-5-15(14)10-13;/h2-7,10,16-19H,8-9,11-12,21H2,1H3;1H. The van der Waals surface area contributed by atoms with E-state index in [2.05, 4.69) is 36.4 Å². The van der Waals surface area contributed by atoms with Crippen molar-refractivity contribution in [3.63, 3.8) is 0 Å². The molecular formula is C20H25ClN2O. The van der Waals surface area contributed by atoms with Crippen molar-refractivity contribution in [3.05, 3.63) is 48.0 Å². The van der Waals surface area contributed by atoms with Gasteiger partial charge in [0, 0.05) is 19.6 Å². The molecule has 128 valence electrons. The predicted octanol–water partition coefficient (Wildman–Crippen LogP) is 3.59. The molecule has 2 aliphatic carbocycles. The van der Waals surface area contributed by atoms with Gasteiger partial charge in [0.25, 0.3) is 0 Å². The van der Waals surface area contributed by atoms with E-state index in [1.165, 1.54) is 29.2 Å². The summed E-state index contributed by atoms with van der Waals surface area (Å²) in [6.45, 7) is 0.657. The number of halogens is 1. The molecule has 2 aromatic carbocycles. The lowest BCUT2D eigenvalue weighted by Crippen LogP contribution is -2.45. The first-order valence-electron chi connectivity index (χ1n) is 8.62. The molecule has 0 spiro atoms. The molecule has 4 heteroatoms. The summed E-state index contributed by atoms with van der Waals surface area (Å²) in [6, 6.07) is 14.8. The van der Waals surface area contributed by atoms with Gasteiger partial charge in [0.2, 0.25) is 5.91 Å². The summed E-state index contributed by atoms with van der Waals surface area (Å²) in [7, 11) is 1.91. The van der Waals surface area contributed by atoms with Gasteiger partial charge < -0.3 is 10.6 Å². The third kappa shape index (κ3) is 2.91. The second-order valence-electron chi connectivity index (χ2n) is 7.31. The summed E-state index contributed by atoms with van der Waals surface area (Å²) in [6.07, 6.45) is 3.55. The van der Waals surface area contributed by atoms with Crippen molar-refractivity contribution in [3.8, 4) is 0 Å². The molecule has 2 N–H and O–H groups in total. The summed E-state index contributed by atoms with van der Waals surface area (Å²) in [5.74, 6) is 1.36. The van der Waals surface area contributed by atoms with Crippen LogP contribution in [0, 0.1) is 17.8 Å². The minimum Gasteiger partial charge on any atom is -0.341 e. The monoisotopic (exact) mass is 344 g/mol. The number of fused-ring (bicyclic) bond motifs is 3. The Morgan fingerprint density at radius 2 is 1.83 bits per heavy atom. The zero-order valence-corrected chi connectivity index (χ0v) is 14.8. The van der Waals surface area contributed by atoms with Crippen LogP contribution in [-0.4, -0.2) is 23.9 Å². The Balaban J connectivity index is 0.00000169. The number of benzene rings is 2. The lowest BCUT2D eigenvalue weighted by molar-refractivity contribution is -0.137. The van der Waals surface area contributed by atoms with Crippen LogP contribution in [0.5, 0.6) is 0 Å². The van der Waals surface area contributed by atoms with Crippen LogP contribution in [0.15, 0.2) is 42.5 Å². The third-order valence-electron chi connectivity index (χ3n) is 5.88. The molecule has 1 amide bonds. The first kappa shape index (κ1) is 17.2. The fraction of sp³-hybridized carbons (Fsp3) is 0.450. The van der Waals surface area contributed by atoms with Gasteiger partial charge >= 0.3 is 0 Å². The van der Waals surface area contributed by atoms with Crippen LogP contribution >= 0.6 is 12.4 Å². The van der Waals surface area contributed by atoms with Gasteiger partial charge in [-0.05, 0) is 53.5 Å². The maximum absolute atomic E-state index is 12.9. The second-order valence-corrected chi connectivity index (χ2v) is 7.31. The zero-order chi connectivity index (χ0) is 16.0. The molecule has 24 heavy (non-hydrogen) atoms. The molecule has 2 aromatic rings. The maximum Gasteiger partial charge on any atom is 0.227 e. The molecule has 2 aliphatic rings. The average Bonchev–Trinajstić information content (AvgIpc) is 3.15. The number of nitrogens with two attached hydrogens (primary N) is 1. The maximum atomic E-state index is 12.9. The fourth-order valence-electron chi connectivity index (χ4n) is 4.65. The Morgan fingerprint density at radius 1 is 1.12 bits per heavy atom. The van der Waals surface area contributed by atoms with Crippen LogP contribution in [0.4, 0.5) is 0 Å². The highest BCUT2D eigenvalue weighted by Gasteiger charge is 2.49. The molecular weight excluding hydrogens is 320 g/mol. The fourth-order valence-corrected chi connectivity index (χ4v) is 4.65. The first-order valence-corrected chi connectivity index (χ1v) is 8.62. The van der Waals surface area contributed by atoms with Gasteiger partial charge in [-0.25, -0.2) is 0 Å². The molecule has 0 saturated heterocycles. The molecule has 4 atom stereocenters. The van der Waals surface area contributed by atoms with E-state index in [9.17, 15) is 4.79 Å². The second kappa shape index (κ2) is 6.73. The molecule has 4 unspecified atom stereocenters. The molecule has 3 nitrogen and oxygen atoms in total. The van der Waals surface area contributed by atoms with Crippen LogP contribution < -0.4 is 5.73 Å². The van der Waals surface area contributed by atoms with Crippen molar-refractivity contribution in [2.24, 2.45) is 23.5 Å². The highest BCUT2D eigenvalue weighted by atomic mass is 35.5. The Hall–Kier alpha value is -1.58. The highest BCUT2D eigenvalue weighted by Crippen LogP contribution is 2.48. The van der Waals surface area contributed by atoms with Crippen LogP contribution in [0.2, 0.25) is 0 Å². The average molecular weight is 345 g/mol. The van der Waals surface area contributed by atoms with Gasteiger partial charge in [0.1, 0.15) is 0 Å². The van der Waals surface area contributed by atoms with Crippen molar-refractivity contribution in [1.82, 2.24) is 4.90 Å². The van der Waals surface area contributed by atoms with Gasteiger partial charge in [-0.15, -0.1) is 12.4 Å². The minimum absolute atomic E-state index is 0. The van der Waals surface area contributed by atoms with Gasteiger partial charge in [0.15, 0.2) is 0 Å². The molecule has 4 rings (SSSR count). The van der Waals surface area contributed by atoms with E-state index in [0.29, 0.717) is 18.4 Å². The molecule has 0 aromatic heterocycles.